The number of fused-ring (bicyclic) bond motifs is 2. The summed E-state index contributed by atoms with van der Waals surface area (Å²) < 4.78 is 0. The SMILES string of the molecule is NCCCC[C@H](NC(=O)[C@H](CS)NC(=O)[C@@H](N)Cc1cnc[nH]1)C(=O)N[C@H](Cc1ccc(O)cc1)C(=O)N[C@@H](Cc1c[nH]c2ccccc12)C(=O)N[C@@H](Cc1c[nH]c2ccccc12)C(N)=O. The molecule has 6 rings (SSSR count). The third kappa shape index (κ3) is 13.0. The number of carbonyl (C=O) groups excluding carboxylic acids is 6. The van der Waals surface area contributed by atoms with Gasteiger partial charge in [-0.05, 0) is 66.8 Å². The van der Waals surface area contributed by atoms with Crippen molar-refractivity contribution in [3.8, 4) is 5.75 Å². The molecule has 66 heavy (non-hydrogen) atoms. The van der Waals surface area contributed by atoms with Crippen LogP contribution in [0.25, 0.3) is 21.8 Å². The molecule has 3 aromatic heterocycles. The minimum atomic E-state index is -1.34. The molecule has 3 heterocycles. The van der Waals surface area contributed by atoms with E-state index in [9.17, 15) is 33.9 Å². The van der Waals surface area contributed by atoms with Gasteiger partial charge in [0.1, 0.15) is 36.0 Å². The predicted molar refractivity (Wildman–Crippen MR) is 252 cm³/mol. The first-order valence-electron chi connectivity index (χ1n) is 21.6. The Labute approximate surface area is 385 Å². The maximum atomic E-state index is 14.6. The number of nitrogens with two attached hydrogens (primary N) is 3. The summed E-state index contributed by atoms with van der Waals surface area (Å²) in [5.74, 6) is -4.48. The Hall–Kier alpha value is -7.16. The van der Waals surface area contributed by atoms with E-state index in [4.69, 9.17) is 17.2 Å². The van der Waals surface area contributed by atoms with Crippen molar-refractivity contribution in [2.75, 3.05) is 12.3 Å². The lowest BCUT2D eigenvalue weighted by Gasteiger charge is -2.27. The minimum absolute atomic E-state index is 0.0216. The fourth-order valence-corrected chi connectivity index (χ4v) is 7.86. The lowest BCUT2D eigenvalue weighted by atomic mass is 10.00. The number of phenols is 1. The summed E-state index contributed by atoms with van der Waals surface area (Å²) in [6.07, 6.45) is 7.57. The summed E-state index contributed by atoms with van der Waals surface area (Å²) >= 11 is 4.28. The van der Waals surface area contributed by atoms with Gasteiger partial charge in [0.15, 0.2) is 0 Å². The Balaban J connectivity index is 1.24. The van der Waals surface area contributed by atoms with Crippen molar-refractivity contribution in [1.29, 1.82) is 0 Å². The highest BCUT2D eigenvalue weighted by Gasteiger charge is 2.33. The van der Waals surface area contributed by atoms with Gasteiger partial charge in [-0.3, -0.25) is 28.8 Å². The maximum Gasteiger partial charge on any atom is 0.244 e. The monoisotopic (exact) mass is 920 g/mol. The number of primary amides is 1. The smallest absolute Gasteiger partial charge is 0.244 e. The number of thiol groups is 1. The number of imidazole rings is 1. The average molecular weight is 921 g/mol. The number of aromatic nitrogens is 4. The number of hydrogen-bond acceptors (Lipinski definition) is 11. The van der Waals surface area contributed by atoms with Crippen molar-refractivity contribution in [1.82, 2.24) is 46.5 Å². The van der Waals surface area contributed by atoms with Gasteiger partial charge < -0.3 is 63.8 Å². The second-order valence-corrected chi connectivity index (χ2v) is 16.4. The molecule has 0 aliphatic rings. The number of amides is 6. The van der Waals surface area contributed by atoms with Gasteiger partial charge in [0, 0.05) is 77.5 Å². The van der Waals surface area contributed by atoms with Crippen molar-refractivity contribution in [2.45, 2.75) is 81.2 Å². The molecule has 6 atom stereocenters. The lowest BCUT2D eigenvalue weighted by molar-refractivity contribution is -0.135. The van der Waals surface area contributed by atoms with Crippen molar-refractivity contribution >= 4 is 69.9 Å². The van der Waals surface area contributed by atoms with Gasteiger partial charge in [0.05, 0.1) is 12.4 Å². The van der Waals surface area contributed by atoms with Crippen LogP contribution < -0.4 is 43.8 Å². The second-order valence-electron chi connectivity index (χ2n) is 16.1. The standard InChI is InChI=1S/C46H56N12O7S/c47-16-6-5-11-36(54-46(65)40(24-66)58-42(61)33(48)20-29-23-50-25-53-29)43(62)56-38(17-26-12-14-30(59)15-13-26)44(63)57-39(19-28-22-52-35-10-4-2-8-32(28)35)45(64)55-37(41(49)60)18-27-21-51-34-9-3-1-7-31(27)34/h1-4,7-10,12-15,21-23,25,33,36-40,51-52,59,66H,5-6,11,16-20,24,47-48H2,(H2,49,60)(H,50,53)(H,54,65)(H,55,64)(H,56,62)(H,57,63)(H,58,61)/t33-,36-,37-,38+,39-,40-/m0/s1. The van der Waals surface area contributed by atoms with Crippen molar-refractivity contribution in [3.63, 3.8) is 0 Å². The zero-order chi connectivity index (χ0) is 47.2. The lowest BCUT2D eigenvalue weighted by Crippen LogP contribution is -2.60. The summed E-state index contributed by atoms with van der Waals surface area (Å²) in [5, 5.41) is 25.3. The van der Waals surface area contributed by atoms with E-state index in [1.807, 2.05) is 48.5 Å². The number of nitrogens with zero attached hydrogens (tertiary/aromatic N) is 1. The van der Waals surface area contributed by atoms with Gasteiger partial charge in [-0.1, -0.05) is 48.5 Å². The summed E-state index contributed by atoms with van der Waals surface area (Å²) in [4.78, 5) is 96.0. The second kappa shape index (κ2) is 23.2. The summed E-state index contributed by atoms with van der Waals surface area (Å²) in [5.41, 5.74) is 22.0. The number of hydrogen-bond donors (Lipinski definition) is 13. The van der Waals surface area contributed by atoms with Crippen LogP contribution in [0.3, 0.4) is 0 Å². The topological polar surface area (TPSA) is 321 Å². The molecule has 0 aliphatic carbocycles. The number of nitrogens with one attached hydrogen (secondary N) is 8. The van der Waals surface area contributed by atoms with Crippen LogP contribution >= 0.6 is 12.6 Å². The van der Waals surface area contributed by atoms with Crippen LogP contribution in [0.2, 0.25) is 0 Å². The first-order chi connectivity index (χ1) is 31.8. The molecule has 20 heteroatoms. The normalized spacial score (nSPS) is 14.0. The van der Waals surface area contributed by atoms with E-state index in [0.29, 0.717) is 36.2 Å². The Morgan fingerprint density at radius 1 is 0.621 bits per heavy atom. The molecule has 0 fully saturated rings. The molecule has 0 saturated heterocycles. The largest absolute Gasteiger partial charge is 0.508 e. The molecule has 3 aromatic carbocycles. The van der Waals surface area contributed by atoms with Crippen molar-refractivity contribution in [3.05, 3.63) is 120 Å². The predicted octanol–water partition coefficient (Wildman–Crippen LogP) is 0.644. The van der Waals surface area contributed by atoms with Gasteiger partial charge in [0.25, 0.3) is 0 Å². The van der Waals surface area contributed by atoms with Crippen LogP contribution in [0.15, 0.2) is 97.7 Å². The van der Waals surface area contributed by atoms with Crippen molar-refractivity contribution in [2.24, 2.45) is 17.2 Å². The number of para-hydroxylation sites is 2. The molecule has 0 radical (unpaired) electrons. The Morgan fingerprint density at radius 2 is 1.14 bits per heavy atom. The molecule has 6 aromatic rings. The van der Waals surface area contributed by atoms with Crippen molar-refractivity contribution < 1.29 is 33.9 Å². The molecular formula is C46H56N12O7S. The van der Waals surface area contributed by atoms with E-state index >= 15 is 0 Å². The summed E-state index contributed by atoms with van der Waals surface area (Å²) in [6, 6.07) is 13.7. The first-order valence-corrected chi connectivity index (χ1v) is 22.2. The van der Waals surface area contributed by atoms with Gasteiger partial charge in [-0.2, -0.15) is 12.6 Å². The Morgan fingerprint density at radius 3 is 1.70 bits per heavy atom. The first kappa shape index (κ1) is 48.3. The molecule has 348 valence electrons. The molecule has 0 saturated carbocycles. The van der Waals surface area contributed by atoms with Gasteiger partial charge in [-0.15, -0.1) is 0 Å². The molecule has 15 N–H and O–H groups in total. The average Bonchev–Trinajstić information content (AvgIpc) is 4.08. The maximum absolute atomic E-state index is 14.6. The fourth-order valence-electron chi connectivity index (χ4n) is 7.60. The highest BCUT2D eigenvalue weighted by atomic mass is 32.1. The number of aromatic hydroxyl groups is 1. The van der Waals surface area contributed by atoms with Gasteiger partial charge in [-0.25, -0.2) is 4.98 Å². The van der Waals surface area contributed by atoms with E-state index in [-0.39, 0.29) is 43.6 Å². The Bertz CT molecular complexity index is 2600. The van der Waals surface area contributed by atoms with E-state index in [1.165, 1.54) is 24.7 Å². The van der Waals surface area contributed by atoms with E-state index in [2.05, 4.69) is 59.1 Å². The van der Waals surface area contributed by atoms with Crippen LogP contribution in [0.5, 0.6) is 5.75 Å². The number of rotatable bonds is 24. The molecule has 0 aliphatic heterocycles. The van der Waals surface area contributed by atoms with Crippen LogP contribution in [0.1, 0.15) is 41.6 Å². The third-order valence-corrected chi connectivity index (χ3v) is 11.6. The summed E-state index contributed by atoms with van der Waals surface area (Å²) in [6.45, 7) is 0.315. The van der Waals surface area contributed by atoms with Gasteiger partial charge >= 0.3 is 0 Å². The summed E-state index contributed by atoms with van der Waals surface area (Å²) in [7, 11) is 0. The number of benzene rings is 3. The Kier molecular flexibility index (Phi) is 16.9. The molecule has 0 unspecified atom stereocenters. The van der Waals surface area contributed by atoms with E-state index in [0.717, 1.165) is 27.4 Å². The third-order valence-electron chi connectivity index (χ3n) is 11.2. The number of unbranched alkanes of at least 4 members (excludes halogenated alkanes) is 1. The van der Waals surface area contributed by atoms with Crippen LogP contribution in [0.4, 0.5) is 0 Å². The number of phenolic OH excluding ortho intramolecular Hbond substituents is 1. The quantitative estimate of drug-likeness (QED) is 0.0297. The molecule has 0 bridgehead atoms. The molecule has 0 spiro atoms. The van der Waals surface area contributed by atoms with Gasteiger partial charge in [0.2, 0.25) is 35.4 Å². The van der Waals surface area contributed by atoms with Crippen LogP contribution in [0, 0.1) is 0 Å². The van der Waals surface area contributed by atoms with Crippen LogP contribution in [-0.4, -0.2) is 109 Å². The fraction of sp³-hybridized carbons (Fsp3) is 0.326. The van der Waals surface area contributed by atoms with E-state index < -0.39 is 71.7 Å². The van der Waals surface area contributed by atoms with Crippen LogP contribution in [-0.2, 0) is 54.5 Å². The minimum Gasteiger partial charge on any atom is -0.508 e. The molecular weight excluding hydrogens is 865 g/mol. The molecule has 19 nitrogen and oxygen atoms in total. The number of H-pyrrole nitrogens is 3. The number of aromatic amines is 3. The zero-order valence-corrected chi connectivity index (χ0v) is 37.0. The highest BCUT2D eigenvalue weighted by Crippen LogP contribution is 2.22. The number of carbonyl (C=O) groups is 6. The zero-order valence-electron chi connectivity index (χ0n) is 36.1. The molecule has 6 amide bonds. The highest BCUT2D eigenvalue weighted by molar-refractivity contribution is 7.80. The van der Waals surface area contributed by atoms with E-state index in [1.54, 1.807) is 24.5 Å².